The van der Waals surface area contributed by atoms with Crippen molar-refractivity contribution in [1.82, 2.24) is 9.47 Å². The molecule has 1 aromatic rings. The molecule has 6 nitrogen and oxygen atoms in total. The fourth-order valence-electron chi connectivity index (χ4n) is 2.48. The standard InChI is InChI=1S/C15H20N2O4/c1-3-21-15(20)12-5-4-7-17(10-12)14(19)11-6-8-16(2)13(18)9-11/h6,8-9,12H,3-5,7,10H2,1-2H3/t12-/m1/s1. The van der Waals surface area contributed by atoms with Crippen LogP contribution in [0.5, 0.6) is 0 Å². The lowest BCUT2D eigenvalue weighted by Crippen LogP contribution is -2.43. The number of carbonyl (C=O) groups excluding carboxylic acids is 2. The summed E-state index contributed by atoms with van der Waals surface area (Å²) in [7, 11) is 1.63. The van der Waals surface area contributed by atoms with Gasteiger partial charge in [-0.25, -0.2) is 0 Å². The second kappa shape index (κ2) is 6.56. The largest absolute Gasteiger partial charge is 0.466 e. The number of piperidine rings is 1. The monoisotopic (exact) mass is 292 g/mol. The molecule has 0 radical (unpaired) electrons. The average molecular weight is 292 g/mol. The fourth-order valence-corrected chi connectivity index (χ4v) is 2.48. The number of rotatable bonds is 3. The number of pyridine rings is 1. The first-order valence-corrected chi connectivity index (χ1v) is 7.15. The van der Waals surface area contributed by atoms with Crippen LogP contribution in [-0.4, -0.2) is 41.0 Å². The van der Waals surface area contributed by atoms with Crippen LogP contribution in [0.25, 0.3) is 0 Å². The van der Waals surface area contributed by atoms with E-state index >= 15 is 0 Å². The van der Waals surface area contributed by atoms with E-state index in [1.54, 1.807) is 31.1 Å². The van der Waals surface area contributed by atoms with E-state index in [1.807, 2.05) is 0 Å². The van der Waals surface area contributed by atoms with Gasteiger partial charge in [0.2, 0.25) is 0 Å². The molecule has 2 rings (SSSR count). The van der Waals surface area contributed by atoms with Gasteiger partial charge in [-0.1, -0.05) is 0 Å². The van der Waals surface area contributed by atoms with Crippen LogP contribution in [0.4, 0.5) is 0 Å². The van der Waals surface area contributed by atoms with Crippen LogP contribution in [0, 0.1) is 5.92 Å². The third-order valence-corrected chi connectivity index (χ3v) is 3.68. The third kappa shape index (κ3) is 3.51. The molecule has 1 amide bonds. The molecule has 1 aromatic heterocycles. The van der Waals surface area contributed by atoms with Crippen molar-refractivity contribution in [3.05, 3.63) is 34.2 Å². The molecule has 0 aliphatic carbocycles. The molecule has 0 spiro atoms. The Labute approximate surface area is 123 Å². The number of ether oxygens (including phenoxy) is 1. The van der Waals surface area contributed by atoms with Gasteiger partial charge in [-0.15, -0.1) is 0 Å². The van der Waals surface area contributed by atoms with Gasteiger partial charge in [0.25, 0.3) is 11.5 Å². The summed E-state index contributed by atoms with van der Waals surface area (Å²) in [4.78, 5) is 37.4. The predicted octanol–water partition coefficient (Wildman–Crippen LogP) is 0.801. The molecule has 1 aliphatic rings. The second-order valence-electron chi connectivity index (χ2n) is 5.21. The Morgan fingerprint density at radius 2 is 2.19 bits per heavy atom. The maximum atomic E-state index is 12.4. The summed E-state index contributed by atoms with van der Waals surface area (Å²) in [5.74, 6) is -0.727. The van der Waals surface area contributed by atoms with Gasteiger partial charge in [-0.05, 0) is 25.8 Å². The van der Waals surface area contributed by atoms with E-state index in [9.17, 15) is 14.4 Å². The number of likely N-dealkylation sites (tertiary alicyclic amines) is 1. The smallest absolute Gasteiger partial charge is 0.310 e. The van der Waals surface area contributed by atoms with Crippen molar-refractivity contribution in [2.75, 3.05) is 19.7 Å². The van der Waals surface area contributed by atoms with Crippen molar-refractivity contribution in [3.63, 3.8) is 0 Å². The average Bonchev–Trinajstić information content (AvgIpc) is 2.49. The molecule has 0 bridgehead atoms. The Kier molecular flexibility index (Phi) is 4.77. The highest BCUT2D eigenvalue weighted by atomic mass is 16.5. The molecule has 1 saturated heterocycles. The number of aromatic nitrogens is 1. The maximum absolute atomic E-state index is 12.4. The van der Waals surface area contributed by atoms with Crippen molar-refractivity contribution in [2.24, 2.45) is 13.0 Å². The molecule has 21 heavy (non-hydrogen) atoms. The van der Waals surface area contributed by atoms with E-state index in [1.165, 1.54) is 10.6 Å². The normalized spacial score (nSPS) is 18.4. The molecular weight excluding hydrogens is 272 g/mol. The summed E-state index contributed by atoms with van der Waals surface area (Å²) in [5, 5.41) is 0. The third-order valence-electron chi connectivity index (χ3n) is 3.68. The SMILES string of the molecule is CCOC(=O)[C@@H]1CCCN(C(=O)c2ccn(C)c(=O)c2)C1. The number of hydrogen-bond acceptors (Lipinski definition) is 4. The molecule has 1 fully saturated rings. The van der Waals surface area contributed by atoms with Crippen LogP contribution in [0.1, 0.15) is 30.1 Å². The number of carbonyl (C=O) groups is 2. The highest BCUT2D eigenvalue weighted by molar-refractivity contribution is 5.94. The minimum absolute atomic E-state index is 0.207. The van der Waals surface area contributed by atoms with Gasteiger partial charge in [-0.2, -0.15) is 0 Å². The van der Waals surface area contributed by atoms with E-state index < -0.39 is 0 Å². The Morgan fingerprint density at radius 1 is 1.43 bits per heavy atom. The first-order chi connectivity index (χ1) is 10.0. The topological polar surface area (TPSA) is 68.6 Å². The number of esters is 1. The molecule has 0 saturated carbocycles. The van der Waals surface area contributed by atoms with Gasteiger partial charge in [0.05, 0.1) is 12.5 Å². The second-order valence-corrected chi connectivity index (χ2v) is 5.21. The quantitative estimate of drug-likeness (QED) is 0.773. The van der Waals surface area contributed by atoms with Crippen LogP contribution in [0.15, 0.2) is 23.1 Å². The zero-order valence-corrected chi connectivity index (χ0v) is 12.4. The first-order valence-electron chi connectivity index (χ1n) is 7.15. The van der Waals surface area contributed by atoms with Crippen molar-refractivity contribution in [1.29, 1.82) is 0 Å². The minimum atomic E-state index is -0.269. The summed E-state index contributed by atoms with van der Waals surface area (Å²) in [6.45, 7) is 3.07. The molecule has 1 aliphatic heterocycles. The lowest BCUT2D eigenvalue weighted by molar-refractivity contribution is -0.149. The highest BCUT2D eigenvalue weighted by Gasteiger charge is 2.29. The van der Waals surface area contributed by atoms with Crippen LogP contribution in [0.3, 0.4) is 0 Å². The number of amides is 1. The zero-order chi connectivity index (χ0) is 15.4. The summed E-state index contributed by atoms with van der Waals surface area (Å²) in [6, 6.07) is 2.95. The van der Waals surface area contributed by atoms with Gasteiger partial charge >= 0.3 is 5.97 Å². The van der Waals surface area contributed by atoms with E-state index in [0.29, 0.717) is 25.3 Å². The molecule has 2 heterocycles. The van der Waals surface area contributed by atoms with E-state index in [4.69, 9.17) is 4.74 Å². The van der Waals surface area contributed by atoms with E-state index in [0.717, 1.165) is 12.8 Å². The van der Waals surface area contributed by atoms with Crippen molar-refractivity contribution in [3.8, 4) is 0 Å². The van der Waals surface area contributed by atoms with Gasteiger partial charge in [0.1, 0.15) is 0 Å². The molecular formula is C15H20N2O4. The Hall–Kier alpha value is -2.11. The zero-order valence-electron chi connectivity index (χ0n) is 12.4. The van der Waals surface area contributed by atoms with Crippen molar-refractivity contribution in [2.45, 2.75) is 19.8 Å². The van der Waals surface area contributed by atoms with Gasteiger partial charge in [0, 0.05) is 38.0 Å². The molecule has 114 valence electrons. The predicted molar refractivity (Wildman–Crippen MR) is 76.9 cm³/mol. The molecule has 6 heteroatoms. The number of nitrogens with zero attached hydrogens (tertiary/aromatic N) is 2. The number of hydrogen-bond donors (Lipinski definition) is 0. The molecule has 0 N–H and O–H groups in total. The lowest BCUT2D eigenvalue weighted by atomic mass is 9.97. The highest BCUT2D eigenvalue weighted by Crippen LogP contribution is 2.19. The maximum Gasteiger partial charge on any atom is 0.310 e. The molecule has 0 unspecified atom stereocenters. The first kappa shape index (κ1) is 15.3. The van der Waals surface area contributed by atoms with Gasteiger partial charge in [-0.3, -0.25) is 14.4 Å². The van der Waals surface area contributed by atoms with Gasteiger partial charge < -0.3 is 14.2 Å². The van der Waals surface area contributed by atoms with Gasteiger partial charge in [0.15, 0.2) is 0 Å². The van der Waals surface area contributed by atoms with Crippen LogP contribution < -0.4 is 5.56 Å². The fraction of sp³-hybridized carbons (Fsp3) is 0.533. The minimum Gasteiger partial charge on any atom is -0.466 e. The van der Waals surface area contributed by atoms with Crippen LogP contribution in [-0.2, 0) is 16.6 Å². The van der Waals surface area contributed by atoms with E-state index in [-0.39, 0.29) is 23.4 Å². The van der Waals surface area contributed by atoms with Crippen LogP contribution >= 0.6 is 0 Å². The molecule has 0 aromatic carbocycles. The lowest BCUT2D eigenvalue weighted by Gasteiger charge is -2.31. The summed E-state index contributed by atoms with van der Waals surface area (Å²) < 4.78 is 6.43. The summed E-state index contributed by atoms with van der Waals surface area (Å²) in [5.41, 5.74) is 0.141. The van der Waals surface area contributed by atoms with Crippen molar-refractivity contribution < 1.29 is 14.3 Å². The Balaban J connectivity index is 2.10. The summed E-state index contributed by atoms with van der Waals surface area (Å²) >= 11 is 0. The number of aryl methyl sites for hydroxylation is 1. The molecule has 1 atom stereocenters. The Morgan fingerprint density at radius 3 is 2.86 bits per heavy atom. The van der Waals surface area contributed by atoms with E-state index in [2.05, 4.69) is 0 Å². The summed E-state index contributed by atoms with van der Waals surface area (Å²) in [6.07, 6.45) is 3.07. The Bertz CT molecular complexity index is 594. The van der Waals surface area contributed by atoms with Crippen molar-refractivity contribution >= 4 is 11.9 Å². The van der Waals surface area contributed by atoms with Crippen LogP contribution in [0.2, 0.25) is 0 Å².